The summed E-state index contributed by atoms with van der Waals surface area (Å²) in [6.07, 6.45) is 1.64. The highest BCUT2D eigenvalue weighted by atomic mass is 16.3. The topological polar surface area (TPSA) is 148 Å². The first-order valence-corrected chi connectivity index (χ1v) is 13.1. The normalized spacial score (nSPS) is 28.9. The molecule has 1 unspecified atom stereocenters. The Balaban J connectivity index is 1.70. The minimum atomic E-state index is -1.25. The van der Waals surface area contributed by atoms with Gasteiger partial charge in [-0.25, -0.2) is 0 Å². The number of nitrogens with two attached hydrogens (primary N) is 1. The van der Waals surface area contributed by atoms with Gasteiger partial charge in [-0.15, -0.1) is 0 Å². The van der Waals surface area contributed by atoms with Gasteiger partial charge in [-0.2, -0.15) is 0 Å². The van der Waals surface area contributed by atoms with Crippen LogP contribution < -0.4 is 10.6 Å². The van der Waals surface area contributed by atoms with Gasteiger partial charge in [0, 0.05) is 30.4 Å². The molecule has 1 fully saturated rings. The number of allylic oxidation sites excluding steroid dienone is 1. The Kier molecular flexibility index (Phi) is 6.30. The molecule has 1 saturated carbocycles. The number of likely N-dealkylation sites (N-methyl/N-ethyl adjacent to an activating group) is 1. The number of primary amides is 1. The number of benzene rings is 1. The van der Waals surface area contributed by atoms with E-state index >= 15 is 0 Å². The van der Waals surface area contributed by atoms with Gasteiger partial charge in [0.25, 0.3) is 5.91 Å². The summed E-state index contributed by atoms with van der Waals surface area (Å²) >= 11 is 0. The second kappa shape index (κ2) is 9.13. The lowest BCUT2D eigenvalue weighted by molar-refractivity contribution is -0.136. The van der Waals surface area contributed by atoms with E-state index < -0.39 is 52.6 Å². The first-order valence-electron chi connectivity index (χ1n) is 13.1. The van der Waals surface area contributed by atoms with E-state index in [-0.39, 0.29) is 28.7 Å². The van der Waals surface area contributed by atoms with Gasteiger partial charge in [-0.05, 0) is 83.4 Å². The van der Waals surface area contributed by atoms with E-state index in [1.165, 1.54) is 0 Å². The highest BCUT2D eigenvalue weighted by molar-refractivity contribution is 6.28. The van der Waals surface area contributed by atoms with E-state index in [1.54, 1.807) is 25.1 Å². The summed E-state index contributed by atoms with van der Waals surface area (Å²) in [6, 6.07) is 1.03. The molecule has 5 rings (SSSR count). The SMILES string of the molecule is CCN1CCC(N(C)C)c2cc(O)c3c(c21)C[C@@H]1C[C@H]2[C@@H](C(=O)C(C(N)=O)=C(O)[C@@H]2N(C)C)C(=O)C1=C3O. The molecule has 0 spiro atoms. The highest BCUT2D eigenvalue weighted by Gasteiger charge is 2.56. The molecule has 1 aromatic rings. The average Bonchev–Trinajstić information content (AvgIpc) is 2.82. The largest absolute Gasteiger partial charge is 0.510 e. The lowest BCUT2D eigenvalue weighted by atomic mass is 9.59. The number of anilines is 1. The second-order valence-corrected chi connectivity index (χ2v) is 11.3. The van der Waals surface area contributed by atoms with Crippen LogP contribution in [0.4, 0.5) is 5.69 Å². The van der Waals surface area contributed by atoms with Crippen LogP contribution in [0.2, 0.25) is 0 Å². The summed E-state index contributed by atoms with van der Waals surface area (Å²) < 4.78 is 0. The van der Waals surface area contributed by atoms with Crippen LogP contribution in [0.3, 0.4) is 0 Å². The fourth-order valence-corrected chi connectivity index (χ4v) is 7.38. The third-order valence-corrected chi connectivity index (χ3v) is 8.92. The van der Waals surface area contributed by atoms with Gasteiger partial charge in [0.15, 0.2) is 11.6 Å². The molecule has 4 aliphatic rings. The Morgan fingerprint density at radius 3 is 2.37 bits per heavy atom. The second-order valence-electron chi connectivity index (χ2n) is 11.3. The van der Waals surface area contributed by atoms with Crippen molar-refractivity contribution in [3.63, 3.8) is 0 Å². The van der Waals surface area contributed by atoms with Crippen LogP contribution in [0.25, 0.3) is 5.76 Å². The first-order chi connectivity index (χ1) is 17.9. The fraction of sp³-hybridized carbons (Fsp3) is 0.536. The molecule has 38 heavy (non-hydrogen) atoms. The fourth-order valence-electron chi connectivity index (χ4n) is 7.38. The van der Waals surface area contributed by atoms with E-state index in [1.807, 2.05) is 14.1 Å². The summed E-state index contributed by atoms with van der Waals surface area (Å²) in [4.78, 5) is 45.4. The summed E-state index contributed by atoms with van der Waals surface area (Å²) in [7, 11) is 7.43. The van der Waals surface area contributed by atoms with E-state index in [0.717, 1.165) is 36.3 Å². The van der Waals surface area contributed by atoms with Crippen molar-refractivity contribution < 1.29 is 29.7 Å². The summed E-state index contributed by atoms with van der Waals surface area (Å²) in [5.74, 6) is -5.55. The van der Waals surface area contributed by atoms with Crippen molar-refractivity contribution in [3.8, 4) is 5.75 Å². The number of fused-ring (bicyclic) bond motifs is 5. The third kappa shape index (κ3) is 3.57. The molecule has 0 aromatic heterocycles. The molecule has 0 radical (unpaired) electrons. The molecular weight excluding hydrogens is 488 g/mol. The predicted molar refractivity (Wildman–Crippen MR) is 142 cm³/mol. The highest BCUT2D eigenvalue weighted by Crippen LogP contribution is 2.54. The van der Waals surface area contributed by atoms with E-state index in [9.17, 15) is 29.7 Å². The van der Waals surface area contributed by atoms with Crippen LogP contribution in [-0.4, -0.2) is 89.9 Å². The Labute approximate surface area is 222 Å². The molecule has 10 heteroatoms. The summed E-state index contributed by atoms with van der Waals surface area (Å²) in [5, 5.41) is 33.6. The smallest absolute Gasteiger partial charge is 0.255 e. The quantitative estimate of drug-likeness (QED) is 0.341. The zero-order valence-electron chi connectivity index (χ0n) is 22.5. The molecule has 1 heterocycles. The van der Waals surface area contributed by atoms with Gasteiger partial charge >= 0.3 is 0 Å². The zero-order chi connectivity index (χ0) is 27.8. The Morgan fingerprint density at radius 2 is 1.79 bits per heavy atom. The zero-order valence-corrected chi connectivity index (χ0v) is 22.5. The van der Waals surface area contributed by atoms with Crippen LogP contribution >= 0.6 is 0 Å². The molecule has 5 N–H and O–H groups in total. The van der Waals surface area contributed by atoms with E-state index in [0.29, 0.717) is 12.8 Å². The number of phenols is 1. The van der Waals surface area contributed by atoms with Crippen LogP contribution in [0.15, 0.2) is 23.0 Å². The molecule has 1 aromatic carbocycles. The maximum atomic E-state index is 13.9. The van der Waals surface area contributed by atoms with Crippen molar-refractivity contribution in [1.82, 2.24) is 9.80 Å². The number of hydrogen-bond donors (Lipinski definition) is 4. The number of aliphatic hydroxyl groups is 2. The molecule has 1 amide bonds. The molecule has 0 saturated heterocycles. The number of rotatable bonds is 4. The molecule has 204 valence electrons. The number of aromatic hydroxyl groups is 1. The number of amides is 1. The third-order valence-electron chi connectivity index (χ3n) is 8.92. The van der Waals surface area contributed by atoms with Crippen molar-refractivity contribution in [2.75, 3.05) is 46.2 Å². The van der Waals surface area contributed by atoms with Crippen LogP contribution in [0.1, 0.15) is 42.5 Å². The van der Waals surface area contributed by atoms with Crippen molar-refractivity contribution >= 4 is 28.9 Å². The summed E-state index contributed by atoms with van der Waals surface area (Å²) in [6.45, 7) is 3.64. The van der Waals surface area contributed by atoms with Gasteiger partial charge in [0.05, 0.1) is 17.5 Å². The van der Waals surface area contributed by atoms with E-state index in [4.69, 9.17) is 5.73 Å². The van der Waals surface area contributed by atoms with Crippen molar-refractivity contribution in [2.45, 2.75) is 38.3 Å². The number of carbonyl (C=O) groups excluding carboxylic acids is 3. The molecule has 10 nitrogen and oxygen atoms in total. The van der Waals surface area contributed by atoms with Gasteiger partial charge in [-0.1, -0.05) is 0 Å². The number of Topliss-reactive ketones (excluding diaryl/α,β-unsaturated/α-hetero) is 2. The standard InChI is InChI=1S/C28H36N4O6/c1-6-32-8-7-16(30(2)3)13-11-17(33)19-14(22(13)32)9-12-10-15-20(25(35)18(12)24(19)34)26(36)21(28(29)38)27(37)23(15)31(4)5/h11-12,15-16,20,23,33-34,37H,6-10H2,1-5H3,(H2,29,38)/t12-,15+,16?,20-,23-/m1/s1. The lowest BCUT2D eigenvalue weighted by Crippen LogP contribution is -2.55. The Bertz CT molecular complexity index is 1310. The minimum Gasteiger partial charge on any atom is -0.510 e. The minimum absolute atomic E-state index is 0.0947. The molecule has 3 aliphatic carbocycles. The van der Waals surface area contributed by atoms with Crippen LogP contribution in [0.5, 0.6) is 5.75 Å². The number of hydrogen-bond acceptors (Lipinski definition) is 9. The molecule has 5 atom stereocenters. The summed E-state index contributed by atoms with van der Waals surface area (Å²) in [5.41, 5.74) is 7.98. The predicted octanol–water partition coefficient (Wildman–Crippen LogP) is 1.68. The van der Waals surface area contributed by atoms with Crippen molar-refractivity contribution in [3.05, 3.63) is 39.7 Å². The van der Waals surface area contributed by atoms with Gasteiger partial charge in [0.1, 0.15) is 22.8 Å². The average molecular weight is 525 g/mol. The van der Waals surface area contributed by atoms with Crippen molar-refractivity contribution in [1.29, 1.82) is 0 Å². The Hall–Kier alpha value is -3.37. The van der Waals surface area contributed by atoms with Crippen LogP contribution in [-0.2, 0) is 20.8 Å². The molecule has 1 aliphatic heterocycles. The first kappa shape index (κ1) is 26.2. The maximum Gasteiger partial charge on any atom is 0.255 e. The lowest BCUT2D eigenvalue weighted by Gasteiger charge is -2.47. The Morgan fingerprint density at radius 1 is 1.11 bits per heavy atom. The number of aliphatic hydroxyl groups excluding tert-OH is 2. The number of nitrogens with zero attached hydrogens (tertiary/aromatic N) is 3. The number of carbonyl (C=O) groups is 3. The van der Waals surface area contributed by atoms with Gasteiger partial charge in [0.2, 0.25) is 0 Å². The van der Waals surface area contributed by atoms with Crippen molar-refractivity contribution in [2.24, 2.45) is 23.5 Å². The van der Waals surface area contributed by atoms with Gasteiger partial charge < -0.3 is 30.9 Å². The van der Waals surface area contributed by atoms with Crippen LogP contribution in [0, 0.1) is 17.8 Å². The number of phenolic OH excluding ortho intramolecular Hbond substituents is 1. The van der Waals surface area contributed by atoms with Gasteiger partial charge in [-0.3, -0.25) is 19.3 Å². The maximum absolute atomic E-state index is 13.9. The number of ketones is 2. The molecular formula is C28H36N4O6. The monoisotopic (exact) mass is 524 g/mol. The van der Waals surface area contributed by atoms with E-state index in [2.05, 4.69) is 16.7 Å². The molecule has 0 bridgehead atoms.